The first-order chi connectivity index (χ1) is 12.8. The molecule has 1 aliphatic heterocycles. The summed E-state index contributed by atoms with van der Waals surface area (Å²) in [6.45, 7) is 1.87. The molecule has 0 bridgehead atoms. The lowest BCUT2D eigenvalue weighted by atomic mass is 9.83. The van der Waals surface area contributed by atoms with Gasteiger partial charge in [0.15, 0.2) is 17.3 Å². The van der Waals surface area contributed by atoms with Crippen molar-refractivity contribution in [1.29, 1.82) is 0 Å². The van der Waals surface area contributed by atoms with Crippen molar-refractivity contribution >= 4 is 11.6 Å². The van der Waals surface area contributed by atoms with E-state index in [2.05, 4.69) is 15.5 Å². The molecular weight excluding hydrogens is 350 g/mol. The van der Waals surface area contributed by atoms with Crippen LogP contribution in [0.1, 0.15) is 28.3 Å². The molecule has 1 unspecified atom stereocenters. The summed E-state index contributed by atoms with van der Waals surface area (Å²) < 4.78 is 7.72. The van der Waals surface area contributed by atoms with Gasteiger partial charge in [-0.1, -0.05) is 6.07 Å². The molecule has 2 aromatic heterocycles. The molecule has 4 rings (SSSR count). The minimum Gasteiger partial charge on any atom is -0.504 e. The van der Waals surface area contributed by atoms with E-state index in [1.165, 1.54) is 24.8 Å². The topological polar surface area (TPSA) is 114 Å². The Morgan fingerprint density at radius 2 is 1.93 bits per heavy atom. The molecule has 3 aromatic rings. The van der Waals surface area contributed by atoms with Crippen LogP contribution in [0.15, 0.2) is 27.8 Å². The van der Waals surface area contributed by atoms with Gasteiger partial charge in [0.25, 0.3) is 5.56 Å². The first-order valence-electron chi connectivity index (χ1n) is 8.33. The second-order valence-corrected chi connectivity index (χ2v) is 6.57. The quantitative estimate of drug-likeness (QED) is 0.487. The number of benzene rings is 1. The van der Waals surface area contributed by atoms with Gasteiger partial charge < -0.3 is 15.2 Å². The molecule has 1 atom stereocenters. The van der Waals surface area contributed by atoms with Crippen LogP contribution in [0.5, 0.6) is 11.5 Å². The summed E-state index contributed by atoms with van der Waals surface area (Å²) in [5.41, 5.74) is 1.98. The Bertz CT molecular complexity index is 1190. The highest BCUT2D eigenvalue weighted by molar-refractivity contribution is 5.72. The van der Waals surface area contributed by atoms with E-state index in [4.69, 9.17) is 4.74 Å². The highest BCUT2D eigenvalue weighted by atomic mass is 16.5. The van der Waals surface area contributed by atoms with Gasteiger partial charge >= 0.3 is 5.69 Å². The zero-order valence-corrected chi connectivity index (χ0v) is 15.3. The van der Waals surface area contributed by atoms with Crippen molar-refractivity contribution in [3.63, 3.8) is 0 Å². The number of phenols is 1. The minimum atomic E-state index is -0.477. The first kappa shape index (κ1) is 17.0. The fourth-order valence-corrected chi connectivity index (χ4v) is 3.63. The predicted molar refractivity (Wildman–Crippen MR) is 99.1 cm³/mol. The van der Waals surface area contributed by atoms with E-state index in [0.717, 1.165) is 21.4 Å². The van der Waals surface area contributed by atoms with E-state index in [9.17, 15) is 14.7 Å². The van der Waals surface area contributed by atoms with E-state index in [-0.39, 0.29) is 11.3 Å². The van der Waals surface area contributed by atoms with Crippen LogP contribution in [0.3, 0.4) is 0 Å². The second kappa shape index (κ2) is 5.76. The number of aromatic nitrogens is 4. The highest BCUT2D eigenvalue weighted by Crippen LogP contribution is 2.44. The van der Waals surface area contributed by atoms with Crippen LogP contribution in [0.25, 0.3) is 0 Å². The Kier molecular flexibility index (Phi) is 3.62. The van der Waals surface area contributed by atoms with Gasteiger partial charge in [-0.15, -0.1) is 0 Å². The lowest BCUT2D eigenvalue weighted by Crippen LogP contribution is -2.42. The van der Waals surface area contributed by atoms with Gasteiger partial charge in [0.2, 0.25) is 0 Å². The predicted octanol–water partition coefficient (Wildman–Crippen LogP) is 1.07. The standard InChI is InChI=1S/C18H19N5O4/c1-8-12-13(9-5-6-10(24)11(7-9)27-4)14-16(19-15(12)21-20-8)22(2)18(26)23(3)17(14)25/h5-7,13,24H,1-4H3,(H2,19,20,21). The number of anilines is 2. The molecule has 0 saturated heterocycles. The number of hydrogen-bond donors (Lipinski definition) is 3. The van der Waals surface area contributed by atoms with E-state index < -0.39 is 11.6 Å². The smallest absolute Gasteiger partial charge is 0.332 e. The number of fused-ring (bicyclic) bond motifs is 2. The number of phenolic OH excluding ortho intramolecular Hbond substituents is 1. The molecule has 27 heavy (non-hydrogen) atoms. The van der Waals surface area contributed by atoms with Crippen molar-refractivity contribution in [3.8, 4) is 11.5 Å². The second-order valence-electron chi connectivity index (χ2n) is 6.57. The van der Waals surface area contributed by atoms with Crippen LogP contribution < -0.4 is 21.3 Å². The molecule has 9 nitrogen and oxygen atoms in total. The van der Waals surface area contributed by atoms with Crippen LogP contribution in [-0.2, 0) is 14.1 Å². The monoisotopic (exact) mass is 369 g/mol. The number of rotatable bonds is 2. The maximum Gasteiger partial charge on any atom is 0.332 e. The molecule has 3 heterocycles. The maximum atomic E-state index is 13.0. The Labute approximate surface area is 153 Å². The van der Waals surface area contributed by atoms with Crippen LogP contribution >= 0.6 is 0 Å². The van der Waals surface area contributed by atoms with E-state index in [1.807, 2.05) is 6.92 Å². The Hall–Kier alpha value is -3.49. The number of H-pyrrole nitrogens is 1. The average Bonchev–Trinajstić information content (AvgIpc) is 3.04. The Balaban J connectivity index is 2.10. The van der Waals surface area contributed by atoms with Crippen LogP contribution in [0.4, 0.5) is 11.6 Å². The third-order valence-corrected chi connectivity index (χ3v) is 5.05. The van der Waals surface area contributed by atoms with Gasteiger partial charge in [-0.05, 0) is 24.6 Å². The number of nitrogens with one attached hydrogen (secondary N) is 2. The Morgan fingerprint density at radius 1 is 1.19 bits per heavy atom. The van der Waals surface area contributed by atoms with Crippen molar-refractivity contribution in [2.75, 3.05) is 12.4 Å². The number of hydrogen-bond acceptors (Lipinski definition) is 6. The molecule has 9 heteroatoms. The third-order valence-electron chi connectivity index (χ3n) is 5.05. The SMILES string of the molecule is COc1cc(C2c3c(n[nH]c3C)Nc3c2c(=O)n(C)c(=O)n3C)ccc1O. The molecule has 0 radical (unpaired) electrons. The number of aromatic hydroxyl groups is 1. The van der Waals surface area contributed by atoms with Gasteiger partial charge in [0.1, 0.15) is 5.82 Å². The molecule has 140 valence electrons. The largest absolute Gasteiger partial charge is 0.504 e. The molecule has 3 N–H and O–H groups in total. The van der Waals surface area contributed by atoms with E-state index >= 15 is 0 Å². The average molecular weight is 369 g/mol. The molecular formula is C18H19N5O4. The summed E-state index contributed by atoms with van der Waals surface area (Å²) >= 11 is 0. The zero-order chi connectivity index (χ0) is 19.5. The summed E-state index contributed by atoms with van der Waals surface area (Å²) in [5, 5.41) is 20.3. The Morgan fingerprint density at radius 3 is 2.63 bits per heavy atom. The van der Waals surface area contributed by atoms with Gasteiger partial charge in [-0.25, -0.2) is 4.79 Å². The number of aromatic amines is 1. The summed E-state index contributed by atoms with van der Waals surface area (Å²) in [6.07, 6.45) is 0. The lowest BCUT2D eigenvalue weighted by Gasteiger charge is -2.28. The van der Waals surface area contributed by atoms with E-state index in [0.29, 0.717) is 22.9 Å². The number of methoxy groups -OCH3 is 1. The normalized spacial score (nSPS) is 15.0. The number of aryl methyl sites for hydroxylation is 1. The van der Waals surface area contributed by atoms with Crippen molar-refractivity contribution in [1.82, 2.24) is 19.3 Å². The van der Waals surface area contributed by atoms with E-state index in [1.54, 1.807) is 19.2 Å². The summed E-state index contributed by atoms with van der Waals surface area (Å²) in [4.78, 5) is 25.4. The molecule has 0 spiro atoms. The van der Waals surface area contributed by atoms with Gasteiger partial charge in [-0.3, -0.25) is 19.0 Å². The first-order valence-corrected chi connectivity index (χ1v) is 8.33. The summed E-state index contributed by atoms with van der Waals surface area (Å²) in [5.74, 6) is 0.791. The van der Waals surface area contributed by atoms with Crippen molar-refractivity contribution in [2.45, 2.75) is 12.8 Å². The third kappa shape index (κ3) is 2.28. The fourth-order valence-electron chi connectivity index (χ4n) is 3.63. The maximum absolute atomic E-state index is 13.0. The summed E-state index contributed by atoms with van der Waals surface area (Å²) in [6, 6.07) is 4.95. The van der Waals surface area contributed by atoms with Crippen molar-refractivity contribution in [3.05, 3.63) is 61.4 Å². The van der Waals surface area contributed by atoms with Crippen LogP contribution in [0, 0.1) is 6.92 Å². The molecule has 1 aromatic carbocycles. The minimum absolute atomic E-state index is 0.00733. The van der Waals surface area contributed by atoms with Crippen molar-refractivity contribution < 1.29 is 9.84 Å². The number of ether oxygens (including phenoxy) is 1. The molecule has 0 aliphatic carbocycles. The zero-order valence-electron chi connectivity index (χ0n) is 15.3. The molecule has 1 aliphatic rings. The molecule has 0 saturated carbocycles. The van der Waals surface area contributed by atoms with Gasteiger partial charge in [-0.2, -0.15) is 5.10 Å². The van der Waals surface area contributed by atoms with Gasteiger partial charge in [0.05, 0.1) is 12.7 Å². The van der Waals surface area contributed by atoms with Crippen molar-refractivity contribution in [2.24, 2.45) is 14.1 Å². The fraction of sp³-hybridized carbons (Fsp3) is 0.278. The number of nitrogens with zero attached hydrogens (tertiary/aromatic N) is 3. The highest BCUT2D eigenvalue weighted by Gasteiger charge is 2.35. The van der Waals surface area contributed by atoms with Gasteiger partial charge in [0, 0.05) is 31.3 Å². The lowest BCUT2D eigenvalue weighted by molar-refractivity contribution is 0.373. The molecule has 0 amide bonds. The van der Waals surface area contributed by atoms with Crippen LogP contribution in [0.2, 0.25) is 0 Å². The summed E-state index contributed by atoms with van der Waals surface area (Å²) in [7, 11) is 4.52. The molecule has 0 fully saturated rings. The van der Waals surface area contributed by atoms with Crippen LogP contribution in [-0.4, -0.2) is 31.5 Å².